The number of phenols is 1. The first kappa shape index (κ1) is 15.0. The van der Waals surface area contributed by atoms with Crippen molar-refractivity contribution in [1.29, 1.82) is 0 Å². The van der Waals surface area contributed by atoms with Crippen LogP contribution in [0.2, 0.25) is 0 Å². The topological polar surface area (TPSA) is 66.4 Å². The standard InChI is InChI=1S/C13H21NO3S/c1-3-5-10-18(16,17)14-12(4-2)11-8-6-7-9-13(11)15/h6-9,12,14-15H,3-5,10H2,1-2H3/t12-/m1/s1. The maximum Gasteiger partial charge on any atom is 0.212 e. The molecular formula is C13H21NO3S. The maximum atomic E-state index is 11.9. The van der Waals surface area contributed by atoms with Crippen LogP contribution in [0.5, 0.6) is 5.75 Å². The predicted molar refractivity (Wildman–Crippen MR) is 73.0 cm³/mol. The highest BCUT2D eigenvalue weighted by Gasteiger charge is 2.19. The molecule has 0 radical (unpaired) electrons. The molecule has 0 bridgehead atoms. The SMILES string of the molecule is CCCCS(=O)(=O)N[C@H](CC)c1ccccc1O. The maximum absolute atomic E-state index is 11.9. The quantitative estimate of drug-likeness (QED) is 0.801. The summed E-state index contributed by atoms with van der Waals surface area (Å²) in [5.74, 6) is 0.260. The molecule has 0 amide bonds. The van der Waals surface area contributed by atoms with Gasteiger partial charge in [0.05, 0.1) is 11.8 Å². The van der Waals surface area contributed by atoms with E-state index in [1.165, 1.54) is 0 Å². The third-order valence-corrected chi connectivity index (χ3v) is 4.28. The molecule has 5 heteroatoms. The van der Waals surface area contributed by atoms with E-state index in [1.807, 2.05) is 13.8 Å². The van der Waals surface area contributed by atoms with Crippen molar-refractivity contribution in [1.82, 2.24) is 4.72 Å². The first-order chi connectivity index (χ1) is 8.50. The molecule has 0 unspecified atom stereocenters. The fraction of sp³-hybridized carbons (Fsp3) is 0.538. The molecule has 0 aromatic heterocycles. The van der Waals surface area contributed by atoms with Gasteiger partial charge in [-0.25, -0.2) is 13.1 Å². The molecule has 0 saturated carbocycles. The van der Waals surface area contributed by atoms with Crippen molar-refractivity contribution in [2.24, 2.45) is 0 Å². The molecule has 0 heterocycles. The highest BCUT2D eigenvalue weighted by molar-refractivity contribution is 7.89. The second kappa shape index (κ2) is 6.75. The highest BCUT2D eigenvalue weighted by atomic mass is 32.2. The fourth-order valence-electron chi connectivity index (χ4n) is 1.76. The number of sulfonamides is 1. The lowest BCUT2D eigenvalue weighted by Gasteiger charge is -2.18. The lowest BCUT2D eigenvalue weighted by molar-refractivity contribution is 0.454. The fourth-order valence-corrected chi connectivity index (χ4v) is 3.27. The normalized spacial score (nSPS) is 13.4. The first-order valence-corrected chi connectivity index (χ1v) is 7.93. The minimum atomic E-state index is -3.28. The Morgan fingerprint density at radius 1 is 1.28 bits per heavy atom. The van der Waals surface area contributed by atoms with E-state index in [0.717, 1.165) is 6.42 Å². The number of hydrogen-bond acceptors (Lipinski definition) is 3. The molecule has 0 aliphatic carbocycles. The monoisotopic (exact) mass is 271 g/mol. The van der Waals surface area contributed by atoms with Crippen molar-refractivity contribution >= 4 is 10.0 Å². The molecule has 0 fully saturated rings. The third kappa shape index (κ3) is 4.31. The van der Waals surface area contributed by atoms with Crippen LogP contribution in [0.3, 0.4) is 0 Å². The van der Waals surface area contributed by atoms with E-state index in [2.05, 4.69) is 4.72 Å². The van der Waals surface area contributed by atoms with Crippen LogP contribution >= 0.6 is 0 Å². The zero-order chi connectivity index (χ0) is 13.6. The highest BCUT2D eigenvalue weighted by Crippen LogP contribution is 2.26. The van der Waals surface area contributed by atoms with Crippen LogP contribution in [-0.2, 0) is 10.0 Å². The average molecular weight is 271 g/mol. The van der Waals surface area contributed by atoms with Gasteiger partial charge in [0.25, 0.3) is 0 Å². The second-order valence-electron chi connectivity index (χ2n) is 4.31. The molecule has 1 aromatic carbocycles. The van der Waals surface area contributed by atoms with Gasteiger partial charge in [-0.3, -0.25) is 0 Å². The van der Waals surface area contributed by atoms with Crippen LogP contribution in [0, 0.1) is 0 Å². The summed E-state index contributed by atoms with van der Waals surface area (Å²) in [7, 11) is -3.28. The number of nitrogens with one attached hydrogen (secondary N) is 1. The number of unbranched alkanes of at least 4 members (excludes halogenated alkanes) is 1. The molecule has 102 valence electrons. The van der Waals surface area contributed by atoms with Crippen molar-refractivity contribution < 1.29 is 13.5 Å². The van der Waals surface area contributed by atoms with E-state index in [1.54, 1.807) is 24.3 Å². The number of phenolic OH excluding ortho intramolecular Hbond substituents is 1. The molecule has 0 aliphatic heterocycles. The Kier molecular flexibility index (Phi) is 5.62. The number of benzene rings is 1. The van der Waals surface area contributed by atoms with Crippen molar-refractivity contribution in [3.05, 3.63) is 29.8 Å². The smallest absolute Gasteiger partial charge is 0.212 e. The van der Waals surface area contributed by atoms with E-state index in [9.17, 15) is 13.5 Å². The van der Waals surface area contributed by atoms with Crippen molar-refractivity contribution in [3.63, 3.8) is 0 Å². The predicted octanol–water partition coefficient (Wildman–Crippen LogP) is 2.56. The lowest BCUT2D eigenvalue weighted by Crippen LogP contribution is -2.30. The first-order valence-electron chi connectivity index (χ1n) is 6.28. The zero-order valence-electron chi connectivity index (χ0n) is 10.9. The van der Waals surface area contributed by atoms with E-state index in [4.69, 9.17) is 0 Å². The average Bonchev–Trinajstić information content (AvgIpc) is 2.34. The van der Waals surface area contributed by atoms with Crippen LogP contribution in [0.4, 0.5) is 0 Å². The van der Waals surface area contributed by atoms with E-state index < -0.39 is 10.0 Å². The summed E-state index contributed by atoms with van der Waals surface area (Å²) in [5, 5.41) is 9.75. The van der Waals surface area contributed by atoms with Gasteiger partial charge in [0.1, 0.15) is 5.75 Å². The van der Waals surface area contributed by atoms with Gasteiger partial charge in [-0.05, 0) is 18.9 Å². The van der Waals surface area contributed by atoms with Gasteiger partial charge < -0.3 is 5.11 Å². The van der Waals surface area contributed by atoms with Crippen molar-refractivity contribution in [2.75, 3.05) is 5.75 Å². The van der Waals surface area contributed by atoms with Crippen LogP contribution in [-0.4, -0.2) is 19.3 Å². The Hall–Kier alpha value is -1.07. The summed E-state index contributed by atoms with van der Waals surface area (Å²) in [6.07, 6.45) is 2.09. The summed E-state index contributed by atoms with van der Waals surface area (Å²) in [6.45, 7) is 3.84. The second-order valence-corrected chi connectivity index (χ2v) is 6.18. The molecule has 1 atom stereocenters. The molecule has 4 nitrogen and oxygen atoms in total. The van der Waals surface area contributed by atoms with E-state index >= 15 is 0 Å². The molecule has 0 aliphatic rings. The number of para-hydroxylation sites is 1. The number of rotatable bonds is 7. The molecule has 0 spiro atoms. The van der Waals surface area contributed by atoms with Gasteiger partial charge in [-0.15, -0.1) is 0 Å². The third-order valence-electron chi connectivity index (χ3n) is 2.81. The van der Waals surface area contributed by atoms with Crippen LogP contribution < -0.4 is 4.72 Å². The summed E-state index contributed by atoms with van der Waals surface area (Å²) in [4.78, 5) is 0. The summed E-state index contributed by atoms with van der Waals surface area (Å²) >= 11 is 0. The van der Waals surface area contributed by atoms with Gasteiger partial charge in [-0.2, -0.15) is 0 Å². The molecule has 1 rings (SSSR count). The minimum absolute atomic E-state index is 0.127. The van der Waals surface area contributed by atoms with Crippen LogP contribution in [0.15, 0.2) is 24.3 Å². The van der Waals surface area contributed by atoms with Crippen LogP contribution in [0.1, 0.15) is 44.7 Å². The Balaban J connectivity index is 2.83. The lowest BCUT2D eigenvalue weighted by atomic mass is 10.0. The summed E-state index contributed by atoms with van der Waals surface area (Å²) in [5.41, 5.74) is 0.625. The Morgan fingerprint density at radius 3 is 2.50 bits per heavy atom. The summed E-state index contributed by atoms with van der Waals surface area (Å²) < 4.78 is 26.3. The van der Waals surface area contributed by atoms with Crippen LogP contribution in [0.25, 0.3) is 0 Å². The number of hydrogen-bond donors (Lipinski definition) is 2. The van der Waals surface area contributed by atoms with Gasteiger partial charge in [0, 0.05) is 5.56 Å². The van der Waals surface area contributed by atoms with Gasteiger partial charge >= 0.3 is 0 Å². The van der Waals surface area contributed by atoms with Gasteiger partial charge in [0.2, 0.25) is 10.0 Å². The molecule has 2 N–H and O–H groups in total. The molecular weight excluding hydrogens is 250 g/mol. The van der Waals surface area contributed by atoms with Crippen molar-refractivity contribution in [2.45, 2.75) is 39.2 Å². The Labute approximate surface area is 109 Å². The van der Waals surface area contributed by atoms with E-state index in [-0.39, 0.29) is 17.5 Å². The van der Waals surface area contributed by atoms with Crippen molar-refractivity contribution in [3.8, 4) is 5.75 Å². The number of aromatic hydroxyl groups is 1. The minimum Gasteiger partial charge on any atom is -0.508 e. The van der Waals surface area contributed by atoms with Gasteiger partial charge in [-0.1, -0.05) is 38.5 Å². The molecule has 18 heavy (non-hydrogen) atoms. The molecule has 1 aromatic rings. The Morgan fingerprint density at radius 2 is 1.94 bits per heavy atom. The van der Waals surface area contributed by atoms with Gasteiger partial charge in [0.15, 0.2) is 0 Å². The summed E-state index contributed by atoms with van der Waals surface area (Å²) in [6, 6.07) is 6.45. The zero-order valence-corrected chi connectivity index (χ0v) is 11.7. The largest absolute Gasteiger partial charge is 0.508 e. The molecule has 0 saturated heterocycles. The van der Waals surface area contributed by atoms with E-state index in [0.29, 0.717) is 18.4 Å². The Bertz CT molecular complexity index is 471.